The molecule has 70 valence electrons. The van der Waals surface area contributed by atoms with Crippen LogP contribution in [-0.4, -0.2) is 14.5 Å². The quantitative estimate of drug-likeness (QED) is 0.206. The highest BCUT2D eigenvalue weighted by Gasteiger charge is 2.21. The number of hydrogen-bond acceptors (Lipinski definition) is 0. The molecule has 0 aromatic heterocycles. The Kier molecular flexibility index (Phi) is 2.96. The molecule has 0 radical (unpaired) electrons. The van der Waals surface area contributed by atoms with Gasteiger partial charge in [-0.15, -0.1) is 0 Å². The van der Waals surface area contributed by atoms with Crippen molar-refractivity contribution in [2.45, 2.75) is 0 Å². The molecule has 6 heteroatoms. The topological polar surface area (TPSA) is 0 Å². The SMILES string of the molecule is Bc1c(F)c(F)c(F)c(F)c1PC. The van der Waals surface area contributed by atoms with Gasteiger partial charge < -0.3 is 0 Å². The van der Waals surface area contributed by atoms with Crippen LogP contribution in [0, 0.1) is 23.3 Å². The molecular formula is C7H6BF4P. The van der Waals surface area contributed by atoms with Crippen molar-refractivity contribution >= 4 is 27.2 Å². The second-order valence-corrected chi connectivity index (χ2v) is 3.51. The van der Waals surface area contributed by atoms with Crippen molar-refractivity contribution in [3.8, 4) is 0 Å². The standard InChI is InChI=1S/C7H6BF4P/c1-13-7-2(8)3(9)4(10)5(11)6(7)12/h13H,8H2,1H3. The zero-order valence-electron chi connectivity index (χ0n) is 7.01. The Labute approximate surface area is 75.5 Å². The van der Waals surface area contributed by atoms with Gasteiger partial charge in [-0.1, -0.05) is 8.58 Å². The van der Waals surface area contributed by atoms with Crippen LogP contribution in [0.3, 0.4) is 0 Å². The van der Waals surface area contributed by atoms with E-state index in [0.717, 1.165) is 0 Å². The highest BCUT2D eigenvalue weighted by atomic mass is 31.1. The van der Waals surface area contributed by atoms with Crippen LogP contribution in [0.2, 0.25) is 0 Å². The van der Waals surface area contributed by atoms with Crippen LogP contribution >= 0.6 is 8.58 Å². The fourth-order valence-corrected chi connectivity index (χ4v) is 1.85. The van der Waals surface area contributed by atoms with Crippen LogP contribution < -0.4 is 10.8 Å². The number of halogens is 4. The van der Waals surface area contributed by atoms with Gasteiger partial charge in [-0.3, -0.25) is 0 Å². The molecule has 1 aromatic rings. The molecule has 0 saturated heterocycles. The smallest absolute Gasteiger partial charge is 0.198 e. The maximum atomic E-state index is 12.9. The van der Waals surface area contributed by atoms with Gasteiger partial charge in [-0.05, 0) is 12.1 Å². The molecular weight excluding hydrogens is 202 g/mol. The molecule has 13 heavy (non-hydrogen) atoms. The third kappa shape index (κ3) is 1.57. The van der Waals surface area contributed by atoms with Gasteiger partial charge in [0.2, 0.25) is 0 Å². The van der Waals surface area contributed by atoms with E-state index in [-0.39, 0.29) is 19.3 Å². The predicted octanol–water partition coefficient (Wildman–Crippen LogP) is 0.435. The van der Waals surface area contributed by atoms with Crippen molar-refractivity contribution in [2.24, 2.45) is 0 Å². The summed E-state index contributed by atoms with van der Waals surface area (Å²) in [5.41, 5.74) is -0.155. The predicted molar refractivity (Wildman–Crippen MR) is 48.3 cm³/mol. The lowest BCUT2D eigenvalue weighted by Crippen LogP contribution is -2.30. The van der Waals surface area contributed by atoms with E-state index >= 15 is 0 Å². The Morgan fingerprint density at radius 2 is 1.38 bits per heavy atom. The van der Waals surface area contributed by atoms with E-state index < -0.39 is 23.3 Å². The maximum Gasteiger partial charge on any atom is 0.198 e. The van der Waals surface area contributed by atoms with Crippen molar-refractivity contribution in [1.29, 1.82) is 0 Å². The first-order valence-corrected chi connectivity index (χ1v) is 5.01. The molecule has 0 aliphatic heterocycles. The minimum Gasteiger partial charge on any atom is -0.204 e. The van der Waals surface area contributed by atoms with E-state index in [9.17, 15) is 17.6 Å². The second kappa shape index (κ2) is 3.66. The molecule has 0 spiro atoms. The highest BCUT2D eigenvalue weighted by molar-refractivity contribution is 7.47. The van der Waals surface area contributed by atoms with Gasteiger partial charge >= 0.3 is 0 Å². The van der Waals surface area contributed by atoms with Crippen LogP contribution in [0.25, 0.3) is 0 Å². The first kappa shape index (κ1) is 10.5. The molecule has 1 atom stereocenters. The van der Waals surface area contributed by atoms with Crippen LogP contribution in [0.15, 0.2) is 0 Å². The largest absolute Gasteiger partial charge is 0.204 e. The summed E-state index contributed by atoms with van der Waals surface area (Å²) >= 11 is 0. The van der Waals surface area contributed by atoms with Crippen LogP contribution in [0.1, 0.15) is 0 Å². The lowest BCUT2D eigenvalue weighted by atomic mass is 9.95. The fraction of sp³-hybridized carbons (Fsp3) is 0.143. The third-order valence-corrected chi connectivity index (χ3v) is 2.85. The molecule has 0 heterocycles. The normalized spacial score (nSPS) is 11.5. The van der Waals surface area contributed by atoms with Crippen LogP contribution in [0.4, 0.5) is 17.6 Å². The van der Waals surface area contributed by atoms with Crippen molar-refractivity contribution in [3.05, 3.63) is 23.3 Å². The van der Waals surface area contributed by atoms with Gasteiger partial charge in [-0.2, -0.15) is 0 Å². The summed E-state index contributed by atoms with van der Waals surface area (Å²) in [6.45, 7) is 1.57. The van der Waals surface area contributed by atoms with Crippen molar-refractivity contribution < 1.29 is 17.6 Å². The number of rotatable bonds is 1. The molecule has 0 amide bonds. The maximum absolute atomic E-state index is 12.9. The van der Waals surface area contributed by atoms with Gasteiger partial charge in [0.05, 0.1) is 0 Å². The second-order valence-electron chi connectivity index (χ2n) is 2.51. The Morgan fingerprint density at radius 1 is 0.923 bits per heavy atom. The lowest BCUT2D eigenvalue weighted by Gasteiger charge is -2.07. The zero-order chi connectivity index (χ0) is 10.2. The Hall–Kier alpha value is -0.565. The Bertz CT molecular complexity index is 324. The first-order chi connectivity index (χ1) is 6.00. The molecule has 0 nitrogen and oxygen atoms in total. The summed E-state index contributed by atoms with van der Waals surface area (Å²) in [5, 5.41) is -0.0867. The average Bonchev–Trinajstić information content (AvgIpc) is 2.13. The fourth-order valence-electron chi connectivity index (χ4n) is 1.04. The molecule has 0 fully saturated rings. The summed E-state index contributed by atoms with van der Waals surface area (Å²) in [6.07, 6.45) is 0. The summed E-state index contributed by atoms with van der Waals surface area (Å²) in [5.74, 6) is -6.05. The molecule has 0 aliphatic rings. The van der Waals surface area contributed by atoms with Gasteiger partial charge in [0.25, 0.3) is 0 Å². The molecule has 0 saturated carbocycles. The van der Waals surface area contributed by atoms with E-state index in [0.29, 0.717) is 0 Å². The first-order valence-electron chi connectivity index (χ1n) is 3.51. The molecule has 1 rings (SSSR count). The monoisotopic (exact) mass is 208 g/mol. The van der Waals surface area contributed by atoms with E-state index in [1.54, 1.807) is 6.66 Å². The molecule has 0 N–H and O–H groups in total. The summed E-state index contributed by atoms with van der Waals surface area (Å²) < 4.78 is 51.0. The summed E-state index contributed by atoms with van der Waals surface area (Å²) in [4.78, 5) is 0. The van der Waals surface area contributed by atoms with Gasteiger partial charge in [0.15, 0.2) is 23.3 Å². The summed E-state index contributed by atoms with van der Waals surface area (Å²) in [7, 11) is 1.12. The van der Waals surface area contributed by atoms with Crippen molar-refractivity contribution in [2.75, 3.05) is 6.66 Å². The van der Waals surface area contributed by atoms with Gasteiger partial charge in [0, 0.05) is 5.30 Å². The molecule has 0 aliphatic carbocycles. The lowest BCUT2D eigenvalue weighted by molar-refractivity contribution is 0.416. The minimum absolute atomic E-state index is 0.0867. The molecule has 1 unspecified atom stereocenters. The zero-order valence-corrected chi connectivity index (χ0v) is 8.01. The van der Waals surface area contributed by atoms with Gasteiger partial charge in [-0.25, -0.2) is 17.6 Å². The number of hydrogen-bond donors (Lipinski definition) is 0. The minimum atomic E-state index is -1.74. The number of benzene rings is 1. The van der Waals surface area contributed by atoms with Crippen molar-refractivity contribution in [1.82, 2.24) is 0 Å². The van der Waals surface area contributed by atoms with Crippen LogP contribution in [0.5, 0.6) is 0 Å². The van der Waals surface area contributed by atoms with E-state index in [4.69, 9.17) is 0 Å². The molecule has 1 aromatic carbocycles. The summed E-state index contributed by atoms with van der Waals surface area (Å²) in [6, 6.07) is 0. The Morgan fingerprint density at radius 3 is 1.85 bits per heavy atom. The van der Waals surface area contributed by atoms with Crippen molar-refractivity contribution in [3.63, 3.8) is 0 Å². The van der Waals surface area contributed by atoms with Gasteiger partial charge in [0.1, 0.15) is 7.85 Å². The highest BCUT2D eigenvalue weighted by Crippen LogP contribution is 2.15. The van der Waals surface area contributed by atoms with E-state index in [1.807, 2.05) is 0 Å². The van der Waals surface area contributed by atoms with E-state index in [2.05, 4.69) is 0 Å². The molecule has 0 bridgehead atoms. The third-order valence-electron chi connectivity index (χ3n) is 1.75. The Balaban J connectivity index is 3.56. The van der Waals surface area contributed by atoms with E-state index in [1.165, 1.54) is 7.85 Å². The van der Waals surface area contributed by atoms with Crippen LogP contribution in [-0.2, 0) is 0 Å². The average molecular weight is 208 g/mol.